The fraction of sp³-hybridized carbons (Fsp3) is 0.462. The summed E-state index contributed by atoms with van der Waals surface area (Å²) >= 11 is 0. The van der Waals surface area contributed by atoms with Gasteiger partial charge in [0.2, 0.25) is 5.95 Å². The van der Waals surface area contributed by atoms with Crippen LogP contribution in [-0.2, 0) is 6.54 Å². The maximum Gasteiger partial charge on any atom is 0.203 e. The van der Waals surface area contributed by atoms with Gasteiger partial charge in [0.05, 0.1) is 6.04 Å². The molecule has 0 amide bonds. The molecule has 1 N–H and O–H groups in total. The molecular formula is C13H19N3O. The molecule has 1 unspecified atom stereocenters. The minimum Gasteiger partial charge on any atom is -0.466 e. The zero-order valence-corrected chi connectivity index (χ0v) is 10.8. The number of furan rings is 1. The van der Waals surface area contributed by atoms with Crippen molar-refractivity contribution >= 4 is 5.95 Å². The Kier molecular flexibility index (Phi) is 3.22. The summed E-state index contributed by atoms with van der Waals surface area (Å²) in [5.41, 5.74) is 1.19. The maximum atomic E-state index is 5.54. The lowest BCUT2D eigenvalue weighted by molar-refractivity contribution is 0.499. The first-order chi connectivity index (χ1) is 8.11. The van der Waals surface area contributed by atoms with Gasteiger partial charge in [-0.2, -0.15) is 0 Å². The molecule has 0 aliphatic carbocycles. The van der Waals surface area contributed by atoms with Crippen LogP contribution in [0.25, 0.3) is 0 Å². The van der Waals surface area contributed by atoms with Gasteiger partial charge < -0.3 is 14.3 Å². The summed E-state index contributed by atoms with van der Waals surface area (Å²) < 4.78 is 7.63. The van der Waals surface area contributed by atoms with Crippen molar-refractivity contribution in [2.75, 3.05) is 5.32 Å². The van der Waals surface area contributed by atoms with E-state index in [2.05, 4.69) is 34.8 Å². The minimum atomic E-state index is 0.195. The number of nitrogens with zero attached hydrogens (tertiary/aromatic N) is 2. The molecule has 0 spiro atoms. The van der Waals surface area contributed by atoms with Gasteiger partial charge in [0.15, 0.2) is 0 Å². The van der Waals surface area contributed by atoms with Gasteiger partial charge in [-0.1, -0.05) is 0 Å². The fourth-order valence-corrected chi connectivity index (χ4v) is 2.06. The van der Waals surface area contributed by atoms with E-state index in [1.54, 1.807) is 0 Å². The smallest absolute Gasteiger partial charge is 0.203 e. The monoisotopic (exact) mass is 233 g/mol. The average Bonchev–Trinajstić information content (AvgIpc) is 2.84. The van der Waals surface area contributed by atoms with E-state index in [1.807, 2.05) is 26.2 Å². The van der Waals surface area contributed by atoms with Crippen LogP contribution in [0, 0.1) is 13.8 Å². The van der Waals surface area contributed by atoms with Gasteiger partial charge >= 0.3 is 0 Å². The average molecular weight is 233 g/mol. The van der Waals surface area contributed by atoms with E-state index in [9.17, 15) is 0 Å². The van der Waals surface area contributed by atoms with Crippen molar-refractivity contribution in [3.8, 4) is 0 Å². The fourth-order valence-electron chi connectivity index (χ4n) is 2.06. The Morgan fingerprint density at radius 1 is 1.47 bits per heavy atom. The highest BCUT2D eigenvalue weighted by Crippen LogP contribution is 2.24. The first kappa shape index (κ1) is 11.8. The molecule has 0 bridgehead atoms. The Morgan fingerprint density at radius 3 is 2.82 bits per heavy atom. The Morgan fingerprint density at radius 2 is 2.24 bits per heavy atom. The van der Waals surface area contributed by atoms with E-state index >= 15 is 0 Å². The number of aryl methyl sites for hydroxylation is 3. The van der Waals surface area contributed by atoms with E-state index in [-0.39, 0.29) is 6.04 Å². The second-order valence-electron chi connectivity index (χ2n) is 4.27. The van der Waals surface area contributed by atoms with E-state index in [0.29, 0.717) is 0 Å². The molecule has 0 aliphatic rings. The molecule has 1 atom stereocenters. The van der Waals surface area contributed by atoms with E-state index < -0.39 is 0 Å². The number of hydrogen-bond donors (Lipinski definition) is 1. The highest BCUT2D eigenvalue weighted by molar-refractivity contribution is 5.34. The summed E-state index contributed by atoms with van der Waals surface area (Å²) in [6.07, 6.45) is 3.79. The van der Waals surface area contributed by atoms with Crippen LogP contribution in [0.15, 0.2) is 22.9 Å². The summed E-state index contributed by atoms with van der Waals surface area (Å²) in [6, 6.07) is 2.27. The summed E-state index contributed by atoms with van der Waals surface area (Å²) in [5.74, 6) is 2.82. The Bertz CT molecular complexity index is 498. The Hall–Kier alpha value is -1.71. The van der Waals surface area contributed by atoms with Crippen molar-refractivity contribution < 1.29 is 4.42 Å². The first-order valence-corrected chi connectivity index (χ1v) is 5.96. The zero-order valence-electron chi connectivity index (χ0n) is 10.8. The molecule has 0 aliphatic heterocycles. The van der Waals surface area contributed by atoms with Gasteiger partial charge in [-0.15, -0.1) is 0 Å². The molecule has 17 heavy (non-hydrogen) atoms. The summed E-state index contributed by atoms with van der Waals surface area (Å²) in [6.45, 7) is 9.10. The molecule has 2 heterocycles. The van der Waals surface area contributed by atoms with E-state index in [1.165, 1.54) is 5.56 Å². The first-order valence-electron chi connectivity index (χ1n) is 5.96. The van der Waals surface area contributed by atoms with Crippen LogP contribution >= 0.6 is 0 Å². The topological polar surface area (TPSA) is 43.0 Å². The lowest BCUT2D eigenvalue weighted by Gasteiger charge is -2.14. The highest BCUT2D eigenvalue weighted by Gasteiger charge is 2.14. The third-order valence-electron chi connectivity index (χ3n) is 2.95. The van der Waals surface area contributed by atoms with Crippen molar-refractivity contribution in [3.05, 3.63) is 35.5 Å². The molecule has 2 rings (SSSR count). The summed E-state index contributed by atoms with van der Waals surface area (Å²) in [7, 11) is 0. The standard InChI is InChI=1S/C13H19N3O/c1-5-16-7-6-14-13(16)15-10(3)12-8-9(2)17-11(12)4/h6-8,10H,5H2,1-4H3,(H,14,15). The van der Waals surface area contributed by atoms with Crippen LogP contribution in [0.4, 0.5) is 5.95 Å². The molecule has 0 saturated heterocycles. The van der Waals surface area contributed by atoms with Gasteiger partial charge in [0.1, 0.15) is 11.5 Å². The summed E-state index contributed by atoms with van der Waals surface area (Å²) in [4.78, 5) is 4.31. The molecule has 2 aromatic heterocycles. The van der Waals surface area contributed by atoms with Crippen LogP contribution in [-0.4, -0.2) is 9.55 Å². The second kappa shape index (κ2) is 4.65. The molecule has 4 nitrogen and oxygen atoms in total. The molecule has 0 fully saturated rings. The van der Waals surface area contributed by atoms with Crippen LogP contribution < -0.4 is 5.32 Å². The summed E-state index contributed by atoms with van der Waals surface area (Å²) in [5, 5.41) is 3.40. The number of rotatable bonds is 4. The molecular weight excluding hydrogens is 214 g/mol. The Balaban J connectivity index is 2.17. The van der Waals surface area contributed by atoms with Crippen LogP contribution in [0.5, 0.6) is 0 Å². The number of imidazole rings is 1. The van der Waals surface area contributed by atoms with Gasteiger partial charge in [0.25, 0.3) is 0 Å². The van der Waals surface area contributed by atoms with Crippen LogP contribution in [0.1, 0.15) is 37.0 Å². The molecule has 92 valence electrons. The van der Waals surface area contributed by atoms with Gasteiger partial charge in [0, 0.05) is 24.5 Å². The Labute approximate surface area is 102 Å². The lowest BCUT2D eigenvalue weighted by atomic mass is 10.1. The van der Waals surface area contributed by atoms with Crippen LogP contribution in [0.2, 0.25) is 0 Å². The zero-order chi connectivity index (χ0) is 12.4. The van der Waals surface area contributed by atoms with Crippen molar-refractivity contribution in [1.29, 1.82) is 0 Å². The third kappa shape index (κ3) is 2.35. The SMILES string of the molecule is CCn1ccnc1NC(C)c1cc(C)oc1C. The largest absolute Gasteiger partial charge is 0.466 e. The third-order valence-corrected chi connectivity index (χ3v) is 2.95. The van der Waals surface area contributed by atoms with E-state index in [4.69, 9.17) is 4.42 Å². The molecule has 0 aromatic carbocycles. The molecule has 2 aromatic rings. The van der Waals surface area contributed by atoms with Crippen molar-refractivity contribution in [2.45, 2.75) is 40.3 Å². The van der Waals surface area contributed by atoms with Gasteiger partial charge in [-0.25, -0.2) is 4.98 Å². The predicted molar refractivity (Wildman–Crippen MR) is 68.1 cm³/mol. The van der Waals surface area contributed by atoms with Crippen molar-refractivity contribution in [2.24, 2.45) is 0 Å². The number of hydrogen-bond acceptors (Lipinski definition) is 3. The van der Waals surface area contributed by atoms with E-state index in [0.717, 1.165) is 24.0 Å². The maximum absolute atomic E-state index is 5.54. The lowest BCUT2D eigenvalue weighted by Crippen LogP contribution is -2.11. The van der Waals surface area contributed by atoms with Crippen molar-refractivity contribution in [1.82, 2.24) is 9.55 Å². The van der Waals surface area contributed by atoms with Crippen molar-refractivity contribution in [3.63, 3.8) is 0 Å². The predicted octanol–water partition coefficient (Wildman–Crippen LogP) is 3.29. The molecule has 0 saturated carbocycles. The number of anilines is 1. The quantitative estimate of drug-likeness (QED) is 0.881. The van der Waals surface area contributed by atoms with Gasteiger partial charge in [-0.3, -0.25) is 0 Å². The minimum absolute atomic E-state index is 0.195. The number of aromatic nitrogens is 2. The highest BCUT2D eigenvalue weighted by atomic mass is 16.3. The molecule has 0 radical (unpaired) electrons. The molecule has 4 heteroatoms. The normalized spacial score (nSPS) is 12.7. The number of nitrogens with one attached hydrogen (secondary N) is 1. The van der Waals surface area contributed by atoms with Gasteiger partial charge in [-0.05, 0) is 33.8 Å². The second-order valence-corrected chi connectivity index (χ2v) is 4.27. The van der Waals surface area contributed by atoms with Crippen LogP contribution in [0.3, 0.4) is 0 Å².